The zero-order valence-electron chi connectivity index (χ0n) is 14.5. The number of carbonyl (C=O) groups excluding carboxylic acids is 1. The molecule has 2 aliphatic carbocycles. The van der Waals surface area contributed by atoms with Crippen LogP contribution in [0.1, 0.15) is 23.4 Å². The molecule has 2 N–H and O–H groups in total. The number of carbonyl (C=O) groups is 1. The van der Waals surface area contributed by atoms with Gasteiger partial charge >= 0.3 is 0 Å². The standard InChI is InChI=1S/C19H20N2O5S/c22-18-11-7-12-10-21(17(18)15(12)8-11)27(24,25)14-4-1-3-13(9-14)20-19(23)16-5-2-6-26-16/h1-6,9,11-12,15,17-18,22H,7-8,10H2,(H,20,23)/t11-,12-,15+,17-,18+/m0/s1. The minimum Gasteiger partial charge on any atom is -0.459 e. The zero-order chi connectivity index (χ0) is 18.8. The molecule has 2 bridgehead atoms. The van der Waals surface area contributed by atoms with Crippen LogP contribution in [0.25, 0.3) is 0 Å². The van der Waals surface area contributed by atoms with Crippen LogP contribution in [-0.4, -0.2) is 42.4 Å². The molecule has 2 aromatic rings. The number of amides is 1. The van der Waals surface area contributed by atoms with Crippen molar-refractivity contribution in [3.63, 3.8) is 0 Å². The monoisotopic (exact) mass is 388 g/mol. The first-order valence-electron chi connectivity index (χ1n) is 9.10. The van der Waals surface area contributed by atoms with Gasteiger partial charge in [0.1, 0.15) is 0 Å². The molecular weight excluding hydrogens is 368 g/mol. The van der Waals surface area contributed by atoms with E-state index in [1.165, 1.54) is 28.8 Å². The van der Waals surface area contributed by atoms with E-state index in [2.05, 4.69) is 5.32 Å². The Morgan fingerprint density at radius 2 is 2.04 bits per heavy atom. The number of nitrogens with zero attached hydrogens (tertiary/aromatic N) is 1. The fourth-order valence-corrected chi connectivity index (χ4v) is 6.89. The van der Waals surface area contributed by atoms with E-state index in [9.17, 15) is 18.3 Å². The molecule has 0 spiro atoms. The summed E-state index contributed by atoms with van der Waals surface area (Å²) in [4.78, 5) is 12.3. The maximum atomic E-state index is 13.2. The average Bonchev–Trinajstić information content (AvgIpc) is 3.38. The van der Waals surface area contributed by atoms with Crippen LogP contribution in [0, 0.1) is 17.8 Å². The zero-order valence-corrected chi connectivity index (χ0v) is 15.3. The molecule has 3 aliphatic rings. The molecule has 1 saturated heterocycles. The van der Waals surface area contributed by atoms with E-state index < -0.39 is 22.0 Å². The summed E-state index contributed by atoms with van der Waals surface area (Å²) in [5, 5.41) is 13.1. The van der Waals surface area contributed by atoms with Gasteiger partial charge in [-0.25, -0.2) is 8.42 Å². The van der Waals surface area contributed by atoms with Crippen LogP contribution in [0.5, 0.6) is 0 Å². The van der Waals surface area contributed by atoms with Crippen molar-refractivity contribution in [2.45, 2.75) is 29.9 Å². The second kappa shape index (κ2) is 5.92. The van der Waals surface area contributed by atoms with Gasteiger partial charge in [-0.15, -0.1) is 0 Å². The topological polar surface area (TPSA) is 99.9 Å². The molecule has 1 aliphatic heterocycles. The SMILES string of the molecule is O=C(Nc1cccc(S(=O)(=O)N2C[C@@H]3C[C@H]4C[C@H]3[C@H]2[C@@H]4O)c1)c1ccco1. The first kappa shape index (κ1) is 17.0. The summed E-state index contributed by atoms with van der Waals surface area (Å²) in [5.41, 5.74) is 0.379. The molecule has 7 nitrogen and oxygen atoms in total. The van der Waals surface area contributed by atoms with Crippen LogP contribution in [0.3, 0.4) is 0 Å². The maximum absolute atomic E-state index is 13.2. The normalized spacial score (nSPS) is 32.1. The van der Waals surface area contributed by atoms with Gasteiger partial charge < -0.3 is 14.8 Å². The number of hydrogen-bond donors (Lipinski definition) is 2. The molecule has 0 radical (unpaired) electrons. The first-order valence-corrected chi connectivity index (χ1v) is 10.5. The van der Waals surface area contributed by atoms with Crippen LogP contribution in [0.2, 0.25) is 0 Å². The number of aliphatic hydroxyl groups excluding tert-OH is 1. The number of sulfonamides is 1. The number of fused-ring (bicyclic) bond motifs is 1. The smallest absolute Gasteiger partial charge is 0.291 e. The number of anilines is 1. The minimum atomic E-state index is -3.75. The second-order valence-electron chi connectivity index (χ2n) is 7.67. The van der Waals surface area contributed by atoms with Gasteiger partial charge in [0.05, 0.1) is 23.3 Å². The quantitative estimate of drug-likeness (QED) is 0.834. The number of furan rings is 1. The number of rotatable bonds is 4. The Balaban J connectivity index is 1.42. The predicted octanol–water partition coefficient (Wildman–Crippen LogP) is 1.92. The van der Waals surface area contributed by atoms with Crippen LogP contribution >= 0.6 is 0 Å². The molecule has 0 unspecified atom stereocenters. The molecule has 27 heavy (non-hydrogen) atoms. The third-order valence-electron chi connectivity index (χ3n) is 6.25. The van der Waals surface area contributed by atoms with Crippen molar-refractivity contribution in [2.24, 2.45) is 17.8 Å². The number of benzene rings is 1. The van der Waals surface area contributed by atoms with Gasteiger partial charge in [-0.2, -0.15) is 4.31 Å². The van der Waals surface area contributed by atoms with Crippen molar-refractivity contribution in [3.8, 4) is 0 Å². The molecule has 2 saturated carbocycles. The lowest BCUT2D eigenvalue weighted by Gasteiger charge is -2.28. The summed E-state index contributed by atoms with van der Waals surface area (Å²) in [5.74, 6) is 0.549. The van der Waals surface area contributed by atoms with Gasteiger partial charge in [-0.3, -0.25) is 4.79 Å². The Kier molecular flexibility index (Phi) is 3.72. The molecule has 142 valence electrons. The van der Waals surface area contributed by atoms with E-state index in [-0.39, 0.29) is 28.5 Å². The molecule has 8 heteroatoms. The third kappa shape index (κ3) is 2.55. The summed E-state index contributed by atoms with van der Waals surface area (Å²) in [6.07, 6.45) is 2.65. The highest BCUT2D eigenvalue weighted by molar-refractivity contribution is 7.89. The van der Waals surface area contributed by atoms with Gasteiger partial charge in [-0.05, 0) is 60.9 Å². The van der Waals surface area contributed by atoms with E-state index in [1.54, 1.807) is 18.2 Å². The molecule has 5 atom stereocenters. The molecule has 5 rings (SSSR count). The van der Waals surface area contributed by atoms with E-state index in [1.807, 2.05) is 0 Å². The number of hydrogen-bond acceptors (Lipinski definition) is 5. The Labute approximate surface area is 157 Å². The molecule has 1 amide bonds. The summed E-state index contributed by atoms with van der Waals surface area (Å²) in [6, 6.07) is 9.04. The minimum absolute atomic E-state index is 0.122. The van der Waals surface area contributed by atoms with E-state index in [0.29, 0.717) is 18.2 Å². The Bertz CT molecular complexity index is 985. The highest BCUT2D eigenvalue weighted by atomic mass is 32.2. The summed E-state index contributed by atoms with van der Waals surface area (Å²) >= 11 is 0. The lowest BCUT2D eigenvalue weighted by Crippen LogP contribution is -2.43. The lowest BCUT2D eigenvalue weighted by atomic mass is 9.88. The Morgan fingerprint density at radius 3 is 2.78 bits per heavy atom. The molecule has 1 aromatic carbocycles. The van der Waals surface area contributed by atoms with Gasteiger partial charge in [0.15, 0.2) is 5.76 Å². The van der Waals surface area contributed by atoms with Crippen LogP contribution in [0.15, 0.2) is 52.0 Å². The van der Waals surface area contributed by atoms with E-state index in [0.717, 1.165) is 12.8 Å². The van der Waals surface area contributed by atoms with Crippen molar-refractivity contribution in [1.82, 2.24) is 4.31 Å². The summed E-state index contributed by atoms with van der Waals surface area (Å²) in [6.45, 7) is 0.466. The Hall–Kier alpha value is -2.16. The van der Waals surface area contributed by atoms with Crippen molar-refractivity contribution >= 4 is 21.6 Å². The largest absolute Gasteiger partial charge is 0.459 e. The molecule has 1 aromatic heterocycles. The van der Waals surface area contributed by atoms with Crippen LogP contribution in [0.4, 0.5) is 5.69 Å². The summed E-state index contributed by atoms with van der Waals surface area (Å²) < 4.78 is 33.0. The number of nitrogens with one attached hydrogen (secondary N) is 1. The fraction of sp³-hybridized carbons (Fsp3) is 0.421. The summed E-state index contributed by atoms with van der Waals surface area (Å²) in [7, 11) is -3.75. The molecule has 3 fully saturated rings. The van der Waals surface area contributed by atoms with Crippen molar-refractivity contribution in [1.29, 1.82) is 0 Å². The predicted molar refractivity (Wildman–Crippen MR) is 96.5 cm³/mol. The average molecular weight is 388 g/mol. The molecule has 2 heterocycles. The fourth-order valence-electron chi connectivity index (χ4n) is 5.11. The second-order valence-corrected chi connectivity index (χ2v) is 9.56. The first-order chi connectivity index (χ1) is 12.9. The van der Waals surface area contributed by atoms with Gasteiger partial charge in [0.25, 0.3) is 5.91 Å². The van der Waals surface area contributed by atoms with Crippen LogP contribution in [-0.2, 0) is 10.0 Å². The van der Waals surface area contributed by atoms with Crippen LogP contribution < -0.4 is 5.32 Å². The van der Waals surface area contributed by atoms with Gasteiger partial charge in [0.2, 0.25) is 10.0 Å². The van der Waals surface area contributed by atoms with E-state index in [4.69, 9.17) is 4.42 Å². The highest BCUT2D eigenvalue weighted by Gasteiger charge is 2.61. The van der Waals surface area contributed by atoms with E-state index >= 15 is 0 Å². The van der Waals surface area contributed by atoms with Crippen molar-refractivity contribution in [2.75, 3.05) is 11.9 Å². The number of aliphatic hydroxyl groups is 1. The van der Waals surface area contributed by atoms with Gasteiger partial charge in [0, 0.05) is 12.2 Å². The highest BCUT2D eigenvalue weighted by Crippen LogP contribution is 2.56. The van der Waals surface area contributed by atoms with Crippen molar-refractivity contribution in [3.05, 3.63) is 48.4 Å². The van der Waals surface area contributed by atoms with Gasteiger partial charge in [-0.1, -0.05) is 6.07 Å². The van der Waals surface area contributed by atoms with Crippen molar-refractivity contribution < 1.29 is 22.7 Å². The lowest BCUT2D eigenvalue weighted by molar-refractivity contribution is 0.0731. The third-order valence-corrected chi connectivity index (χ3v) is 8.11. The maximum Gasteiger partial charge on any atom is 0.291 e. The molecular formula is C19H20N2O5S. The Morgan fingerprint density at radius 1 is 1.19 bits per heavy atom.